The third-order valence-corrected chi connectivity index (χ3v) is 5.86. The van der Waals surface area contributed by atoms with Crippen LogP contribution >= 0.6 is 0 Å². The fourth-order valence-electron chi connectivity index (χ4n) is 3.70. The zero-order valence-electron chi connectivity index (χ0n) is 18.0. The van der Waals surface area contributed by atoms with Gasteiger partial charge in [0.15, 0.2) is 5.82 Å². The molecule has 4 rings (SSSR count). The molecule has 0 amide bonds. The summed E-state index contributed by atoms with van der Waals surface area (Å²) >= 11 is -2.40. The number of halogens is 2. The third-order valence-electron chi connectivity index (χ3n) is 5.42. The summed E-state index contributed by atoms with van der Waals surface area (Å²) in [7, 11) is 0. The summed E-state index contributed by atoms with van der Waals surface area (Å²) in [5, 5.41) is 12.6. The van der Waals surface area contributed by atoms with Gasteiger partial charge >= 0.3 is 0 Å². The first-order valence-corrected chi connectivity index (χ1v) is 11.6. The van der Waals surface area contributed by atoms with Crippen molar-refractivity contribution < 1.29 is 22.3 Å². The summed E-state index contributed by atoms with van der Waals surface area (Å²) in [6.07, 6.45) is 2.15. The van der Waals surface area contributed by atoms with Gasteiger partial charge in [0.25, 0.3) is 0 Å². The van der Waals surface area contributed by atoms with E-state index in [1.165, 1.54) is 12.1 Å². The maximum absolute atomic E-state index is 15.1. The molecule has 0 radical (unpaired) electrons. The molecule has 0 saturated carbocycles. The Morgan fingerprint density at radius 2 is 2.03 bits per heavy atom. The lowest BCUT2D eigenvalue weighted by Crippen LogP contribution is -2.36. The van der Waals surface area contributed by atoms with Crippen molar-refractivity contribution in [2.24, 2.45) is 0 Å². The van der Waals surface area contributed by atoms with Crippen LogP contribution in [0.2, 0.25) is 0 Å². The first-order chi connectivity index (χ1) is 16.5. The molecule has 0 spiro atoms. The zero-order chi connectivity index (χ0) is 24.1. The Morgan fingerprint density at radius 3 is 2.76 bits per heavy atom. The van der Waals surface area contributed by atoms with E-state index in [1.807, 2.05) is 4.90 Å². The number of anilines is 3. The number of ether oxygens (including phenoxy) is 1. The molecule has 1 aromatic heterocycles. The highest BCUT2D eigenvalue weighted by Crippen LogP contribution is 2.31. The standard InChI is InChI=1S/C22H22F2N6O3S/c23-16-4-3-14(2-1-7-27-34(31)32)20(24)22(16)28-17-5-6-18-21(15(17)12-25)29-19(13-26-18)30-8-10-33-11-9-30/h3-6,13,27-28H,1-2,7-11H2,(H,31,32)/p-1. The van der Waals surface area contributed by atoms with Gasteiger partial charge in [-0.3, -0.25) is 9.19 Å². The van der Waals surface area contributed by atoms with E-state index in [0.717, 1.165) is 6.07 Å². The van der Waals surface area contributed by atoms with Gasteiger partial charge < -0.3 is 19.5 Å². The van der Waals surface area contributed by atoms with Crippen molar-refractivity contribution in [2.45, 2.75) is 12.8 Å². The van der Waals surface area contributed by atoms with Gasteiger partial charge in [-0.25, -0.2) is 18.5 Å². The molecular weight excluding hydrogens is 466 g/mol. The summed E-state index contributed by atoms with van der Waals surface area (Å²) in [6, 6.07) is 7.68. The Bertz CT molecular complexity index is 1260. The van der Waals surface area contributed by atoms with Crippen LogP contribution in [0.25, 0.3) is 11.0 Å². The van der Waals surface area contributed by atoms with Crippen molar-refractivity contribution in [3.8, 4) is 6.07 Å². The minimum atomic E-state index is -2.40. The number of morpholine rings is 1. The molecule has 2 N–H and O–H groups in total. The molecule has 1 unspecified atom stereocenters. The number of nitrogens with one attached hydrogen (secondary N) is 2. The van der Waals surface area contributed by atoms with E-state index in [0.29, 0.717) is 49.6 Å². The first-order valence-electron chi connectivity index (χ1n) is 10.6. The number of aryl methyl sites for hydroxylation is 1. The molecule has 0 aliphatic carbocycles. The number of aromatic nitrogens is 2. The van der Waals surface area contributed by atoms with E-state index >= 15 is 4.39 Å². The maximum atomic E-state index is 15.1. The van der Waals surface area contributed by atoms with E-state index in [-0.39, 0.29) is 29.8 Å². The number of hydrogen-bond acceptors (Lipinski definition) is 8. The van der Waals surface area contributed by atoms with Crippen molar-refractivity contribution >= 4 is 39.5 Å². The smallest absolute Gasteiger partial charge is 0.152 e. The normalized spacial score (nSPS) is 14.7. The van der Waals surface area contributed by atoms with Gasteiger partial charge in [0.2, 0.25) is 0 Å². The fourth-order valence-corrected chi connectivity index (χ4v) is 4.01. The number of nitriles is 1. The van der Waals surface area contributed by atoms with Crippen molar-refractivity contribution in [3.63, 3.8) is 0 Å². The number of benzene rings is 2. The second-order valence-electron chi connectivity index (χ2n) is 7.55. The van der Waals surface area contributed by atoms with Crippen molar-refractivity contribution in [1.82, 2.24) is 14.7 Å². The van der Waals surface area contributed by atoms with Gasteiger partial charge in [-0.1, -0.05) is 6.07 Å². The molecule has 2 aromatic carbocycles. The quantitative estimate of drug-likeness (QED) is 0.367. The molecule has 1 atom stereocenters. The Balaban J connectivity index is 1.64. The van der Waals surface area contributed by atoms with Gasteiger partial charge in [0.05, 0.1) is 30.6 Å². The Kier molecular flexibility index (Phi) is 7.59. The molecule has 1 fully saturated rings. The van der Waals surface area contributed by atoms with E-state index in [4.69, 9.17) is 4.74 Å². The van der Waals surface area contributed by atoms with E-state index in [1.54, 1.807) is 12.3 Å². The molecular formula is C22H21F2N6O3S-. The number of rotatable bonds is 8. The van der Waals surface area contributed by atoms with Crippen LogP contribution in [0.5, 0.6) is 0 Å². The molecule has 2 heterocycles. The Hall–Kier alpha value is -3.24. The van der Waals surface area contributed by atoms with Crippen LogP contribution in [0.15, 0.2) is 30.5 Å². The van der Waals surface area contributed by atoms with E-state index < -0.39 is 28.6 Å². The van der Waals surface area contributed by atoms with Gasteiger partial charge in [0.1, 0.15) is 34.5 Å². The summed E-state index contributed by atoms with van der Waals surface area (Å²) < 4.78 is 58.3. The van der Waals surface area contributed by atoms with Crippen LogP contribution in [0.3, 0.4) is 0 Å². The van der Waals surface area contributed by atoms with Crippen LogP contribution in [0, 0.1) is 23.0 Å². The lowest BCUT2D eigenvalue weighted by atomic mass is 10.1. The van der Waals surface area contributed by atoms with Crippen LogP contribution < -0.4 is 14.9 Å². The predicted molar refractivity (Wildman–Crippen MR) is 122 cm³/mol. The molecule has 9 nitrogen and oxygen atoms in total. The highest BCUT2D eigenvalue weighted by atomic mass is 32.2. The molecule has 1 saturated heterocycles. The Morgan fingerprint density at radius 1 is 1.24 bits per heavy atom. The average molecular weight is 488 g/mol. The molecule has 1 aliphatic heterocycles. The molecule has 1 aliphatic rings. The predicted octanol–water partition coefficient (Wildman–Crippen LogP) is 2.68. The van der Waals surface area contributed by atoms with Crippen molar-refractivity contribution in [2.75, 3.05) is 43.1 Å². The van der Waals surface area contributed by atoms with E-state index in [9.17, 15) is 18.4 Å². The molecule has 12 heteroatoms. The topological polar surface area (TPSA) is 126 Å². The summed E-state index contributed by atoms with van der Waals surface area (Å²) in [5.74, 6) is -1.03. The van der Waals surface area contributed by atoms with Gasteiger partial charge in [0, 0.05) is 30.9 Å². The second-order valence-corrected chi connectivity index (χ2v) is 8.31. The lowest BCUT2D eigenvalue weighted by molar-refractivity contribution is 0.122. The molecule has 34 heavy (non-hydrogen) atoms. The zero-order valence-corrected chi connectivity index (χ0v) is 18.8. The van der Waals surface area contributed by atoms with Crippen LogP contribution in [-0.4, -0.2) is 51.6 Å². The molecule has 3 aromatic rings. The van der Waals surface area contributed by atoms with Crippen molar-refractivity contribution in [1.29, 1.82) is 5.26 Å². The lowest BCUT2D eigenvalue weighted by Gasteiger charge is -2.27. The van der Waals surface area contributed by atoms with Crippen LogP contribution in [0.1, 0.15) is 17.5 Å². The van der Waals surface area contributed by atoms with Crippen LogP contribution in [-0.2, 0) is 22.4 Å². The minimum absolute atomic E-state index is 0.117. The van der Waals surface area contributed by atoms with Crippen molar-refractivity contribution in [3.05, 3.63) is 53.2 Å². The molecule has 0 bridgehead atoms. The monoisotopic (exact) mass is 487 g/mol. The average Bonchev–Trinajstić information content (AvgIpc) is 2.85. The second kappa shape index (κ2) is 10.8. The SMILES string of the molecule is N#Cc1c(Nc2c(F)ccc(CCCNS(=O)[O-])c2F)ccc2ncc(N3CCOCC3)nc12. The van der Waals surface area contributed by atoms with Gasteiger partial charge in [-0.2, -0.15) is 5.26 Å². The summed E-state index contributed by atoms with van der Waals surface area (Å²) in [6.45, 7) is 2.54. The van der Waals surface area contributed by atoms with E-state index in [2.05, 4.69) is 26.1 Å². The largest absolute Gasteiger partial charge is 0.760 e. The van der Waals surface area contributed by atoms with Gasteiger partial charge in [-0.15, -0.1) is 0 Å². The minimum Gasteiger partial charge on any atom is -0.760 e. The number of nitrogens with zero attached hydrogens (tertiary/aromatic N) is 4. The molecule has 178 valence electrons. The highest BCUT2D eigenvalue weighted by Gasteiger charge is 2.19. The first kappa shape index (κ1) is 23.9. The summed E-state index contributed by atoms with van der Waals surface area (Å²) in [5.41, 5.74) is 0.942. The highest BCUT2D eigenvalue weighted by molar-refractivity contribution is 7.77. The third kappa shape index (κ3) is 5.28. The summed E-state index contributed by atoms with van der Waals surface area (Å²) in [4.78, 5) is 11.0. The van der Waals surface area contributed by atoms with Crippen LogP contribution in [0.4, 0.5) is 26.0 Å². The Labute approximate surface area is 197 Å². The number of fused-ring (bicyclic) bond motifs is 1. The van der Waals surface area contributed by atoms with Gasteiger partial charge in [-0.05, 0) is 36.6 Å². The fraction of sp³-hybridized carbons (Fsp3) is 0.318. The maximum Gasteiger partial charge on any atom is 0.152 e. The number of hydrogen-bond donors (Lipinski definition) is 2.